The largest absolute Gasteiger partial charge is 0.480 e. The van der Waals surface area contributed by atoms with E-state index in [0.717, 1.165) is 0 Å². The number of carboxylic acids is 1. The molecule has 2 N–H and O–H groups in total. The van der Waals surface area contributed by atoms with Crippen LogP contribution in [0.25, 0.3) is 10.9 Å². The maximum atomic E-state index is 11.9. The van der Waals surface area contributed by atoms with Crippen LogP contribution in [0.1, 0.15) is 5.69 Å². The molecule has 2 rings (SSSR count). The van der Waals surface area contributed by atoms with E-state index in [2.05, 4.69) is 4.98 Å². The van der Waals surface area contributed by atoms with E-state index in [0.29, 0.717) is 16.6 Å². The average molecular weight is 253 g/mol. The third kappa shape index (κ3) is 2.03. The number of benzene rings is 1. The Bertz CT molecular complexity index is 685. The maximum absolute atomic E-state index is 11.9. The molecule has 0 bridgehead atoms. The van der Waals surface area contributed by atoms with E-state index in [1.807, 2.05) is 0 Å². The van der Waals surface area contributed by atoms with Crippen molar-refractivity contribution in [1.29, 1.82) is 0 Å². The number of hydrogen-bond acceptors (Lipinski definition) is 3. The summed E-state index contributed by atoms with van der Waals surface area (Å²) in [4.78, 5) is 13.6. The molecule has 0 spiro atoms. The van der Waals surface area contributed by atoms with Crippen LogP contribution in [-0.2, 0) is 14.6 Å². The third-order valence-electron chi connectivity index (χ3n) is 2.46. The Morgan fingerprint density at radius 3 is 2.65 bits per heavy atom. The molecule has 6 heteroatoms. The van der Waals surface area contributed by atoms with Gasteiger partial charge >= 0.3 is 5.97 Å². The molecule has 0 aliphatic carbocycles. The first-order valence-electron chi connectivity index (χ1n) is 4.93. The molecule has 1 heterocycles. The molecule has 0 atom stereocenters. The summed E-state index contributed by atoms with van der Waals surface area (Å²) in [7, 11) is -3.80. The van der Waals surface area contributed by atoms with E-state index in [4.69, 9.17) is 5.11 Å². The number of H-pyrrole nitrogens is 1. The number of sulfone groups is 1. The summed E-state index contributed by atoms with van der Waals surface area (Å²) in [5.74, 6) is -2.25. The summed E-state index contributed by atoms with van der Waals surface area (Å²) >= 11 is 0. The molecule has 0 amide bonds. The molecule has 0 fully saturated rings. The van der Waals surface area contributed by atoms with Gasteiger partial charge in [-0.15, -0.1) is 0 Å². The van der Waals surface area contributed by atoms with Crippen molar-refractivity contribution >= 4 is 26.7 Å². The van der Waals surface area contributed by atoms with Crippen LogP contribution < -0.4 is 0 Å². The first-order valence-corrected chi connectivity index (χ1v) is 6.59. The summed E-state index contributed by atoms with van der Waals surface area (Å²) < 4.78 is 23.9. The summed E-state index contributed by atoms with van der Waals surface area (Å²) in [6.45, 7) is 1.62. The number of carboxylic acid groups (broad SMARTS) is 1. The zero-order chi connectivity index (χ0) is 12.6. The molecular formula is C11H11NO4S. The fourth-order valence-corrected chi connectivity index (χ4v) is 3.39. The predicted octanol–water partition coefficient (Wildman–Crippen LogP) is 1.33. The van der Waals surface area contributed by atoms with Gasteiger partial charge in [0.25, 0.3) is 0 Å². The van der Waals surface area contributed by atoms with Crippen molar-refractivity contribution in [3.63, 3.8) is 0 Å². The van der Waals surface area contributed by atoms with Gasteiger partial charge in [0.1, 0.15) is 0 Å². The minimum atomic E-state index is -3.80. The van der Waals surface area contributed by atoms with Gasteiger partial charge in [0.15, 0.2) is 15.6 Å². The second-order valence-electron chi connectivity index (χ2n) is 3.78. The molecule has 0 aliphatic heterocycles. The molecular weight excluding hydrogens is 242 g/mol. The van der Waals surface area contributed by atoms with Gasteiger partial charge in [-0.1, -0.05) is 18.2 Å². The minimum absolute atomic E-state index is 0.0792. The Morgan fingerprint density at radius 2 is 2.00 bits per heavy atom. The minimum Gasteiger partial charge on any atom is -0.480 e. The smallest absolute Gasteiger partial charge is 0.319 e. The number of hydrogen-bond donors (Lipinski definition) is 2. The lowest BCUT2D eigenvalue weighted by molar-refractivity contribution is -0.134. The van der Waals surface area contributed by atoms with Crippen LogP contribution in [-0.4, -0.2) is 30.2 Å². The number of aryl methyl sites for hydroxylation is 1. The Morgan fingerprint density at radius 1 is 1.35 bits per heavy atom. The number of aromatic amines is 1. The number of carbonyl (C=O) groups is 1. The monoisotopic (exact) mass is 253 g/mol. The van der Waals surface area contributed by atoms with E-state index in [1.54, 1.807) is 31.2 Å². The molecule has 0 aliphatic rings. The molecule has 17 heavy (non-hydrogen) atoms. The number of nitrogens with one attached hydrogen (secondary N) is 1. The topological polar surface area (TPSA) is 87.2 Å². The van der Waals surface area contributed by atoms with Crippen LogP contribution in [0.2, 0.25) is 0 Å². The van der Waals surface area contributed by atoms with Gasteiger partial charge in [0.05, 0.1) is 4.90 Å². The SMILES string of the molecule is Cc1[nH]c2ccccc2c1S(=O)(=O)CC(=O)O. The fraction of sp³-hybridized carbons (Fsp3) is 0.182. The Hall–Kier alpha value is -1.82. The highest BCUT2D eigenvalue weighted by molar-refractivity contribution is 7.92. The van der Waals surface area contributed by atoms with Crippen LogP contribution in [0, 0.1) is 6.92 Å². The van der Waals surface area contributed by atoms with Crippen LogP contribution in [0.4, 0.5) is 0 Å². The van der Waals surface area contributed by atoms with E-state index < -0.39 is 21.6 Å². The van der Waals surface area contributed by atoms with Crippen molar-refractivity contribution in [2.24, 2.45) is 0 Å². The first-order chi connectivity index (χ1) is 7.92. The maximum Gasteiger partial charge on any atom is 0.319 e. The zero-order valence-electron chi connectivity index (χ0n) is 9.10. The van der Waals surface area contributed by atoms with Crippen molar-refractivity contribution in [2.75, 3.05) is 5.75 Å². The van der Waals surface area contributed by atoms with Gasteiger partial charge in [0, 0.05) is 16.6 Å². The van der Waals surface area contributed by atoms with Crippen molar-refractivity contribution in [3.8, 4) is 0 Å². The molecule has 2 aromatic rings. The van der Waals surface area contributed by atoms with Crippen LogP contribution in [0.15, 0.2) is 29.2 Å². The van der Waals surface area contributed by atoms with Crippen LogP contribution in [0.3, 0.4) is 0 Å². The van der Waals surface area contributed by atoms with Crippen molar-refractivity contribution in [1.82, 2.24) is 4.98 Å². The van der Waals surface area contributed by atoms with Gasteiger partial charge in [0.2, 0.25) is 0 Å². The fourth-order valence-electron chi connectivity index (χ4n) is 1.89. The van der Waals surface area contributed by atoms with Crippen molar-refractivity contribution in [2.45, 2.75) is 11.8 Å². The van der Waals surface area contributed by atoms with Gasteiger partial charge in [-0.25, -0.2) is 8.42 Å². The third-order valence-corrected chi connectivity index (χ3v) is 4.23. The van der Waals surface area contributed by atoms with Crippen molar-refractivity contribution in [3.05, 3.63) is 30.0 Å². The standard InChI is InChI=1S/C11H11NO4S/c1-7-11(17(15,16)6-10(13)14)8-4-2-3-5-9(8)12-7/h2-5,12H,6H2,1H3,(H,13,14). The summed E-state index contributed by atoms with van der Waals surface area (Å²) in [6.07, 6.45) is 0. The second kappa shape index (κ2) is 3.89. The molecule has 0 saturated heterocycles. The number of rotatable bonds is 3. The quantitative estimate of drug-likeness (QED) is 0.864. The van der Waals surface area contributed by atoms with Crippen LogP contribution in [0.5, 0.6) is 0 Å². The summed E-state index contributed by atoms with van der Waals surface area (Å²) in [5.41, 5.74) is 1.15. The molecule has 0 saturated carbocycles. The van der Waals surface area contributed by atoms with Crippen molar-refractivity contribution < 1.29 is 18.3 Å². The van der Waals surface area contributed by atoms with E-state index in [1.165, 1.54) is 0 Å². The molecule has 90 valence electrons. The van der Waals surface area contributed by atoms with Gasteiger partial charge < -0.3 is 10.1 Å². The Balaban J connectivity index is 2.71. The predicted molar refractivity (Wildman–Crippen MR) is 62.7 cm³/mol. The van der Waals surface area contributed by atoms with E-state index >= 15 is 0 Å². The number of fused-ring (bicyclic) bond motifs is 1. The number of para-hydroxylation sites is 1. The molecule has 1 aromatic carbocycles. The van der Waals surface area contributed by atoms with Gasteiger partial charge in [-0.3, -0.25) is 4.79 Å². The summed E-state index contributed by atoms with van der Waals surface area (Å²) in [6, 6.07) is 6.91. The summed E-state index contributed by atoms with van der Waals surface area (Å²) in [5, 5.41) is 9.16. The highest BCUT2D eigenvalue weighted by Crippen LogP contribution is 2.27. The lowest BCUT2D eigenvalue weighted by Gasteiger charge is -2.01. The molecule has 0 radical (unpaired) electrons. The molecule has 1 aromatic heterocycles. The lowest BCUT2D eigenvalue weighted by Crippen LogP contribution is -2.15. The second-order valence-corrected chi connectivity index (χ2v) is 5.70. The highest BCUT2D eigenvalue weighted by Gasteiger charge is 2.24. The van der Waals surface area contributed by atoms with Crippen LogP contribution >= 0.6 is 0 Å². The average Bonchev–Trinajstić information content (AvgIpc) is 2.51. The number of aromatic nitrogens is 1. The van der Waals surface area contributed by atoms with E-state index in [-0.39, 0.29) is 4.90 Å². The number of aliphatic carboxylic acids is 1. The normalized spacial score (nSPS) is 11.8. The highest BCUT2D eigenvalue weighted by atomic mass is 32.2. The Labute approximate surface area is 98.0 Å². The van der Waals surface area contributed by atoms with Gasteiger partial charge in [-0.2, -0.15) is 0 Å². The molecule has 0 unspecified atom stereocenters. The Kier molecular flexibility index (Phi) is 2.66. The van der Waals surface area contributed by atoms with E-state index in [9.17, 15) is 13.2 Å². The van der Waals surface area contributed by atoms with Gasteiger partial charge in [-0.05, 0) is 13.0 Å². The lowest BCUT2D eigenvalue weighted by atomic mass is 10.2. The molecule has 5 nitrogen and oxygen atoms in total. The zero-order valence-corrected chi connectivity index (χ0v) is 9.91. The first kappa shape index (κ1) is 11.7.